The first-order valence-corrected chi connectivity index (χ1v) is 9.22. The number of amides is 1. The quantitative estimate of drug-likeness (QED) is 0.574. The van der Waals surface area contributed by atoms with Crippen LogP contribution in [0.5, 0.6) is 0 Å². The van der Waals surface area contributed by atoms with Crippen molar-refractivity contribution in [2.45, 2.75) is 18.8 Å². The average Bonchev–Trinajstić information content (AvgIpc) is 2.74. The molecular weight excluding hydrogens is 419 g/mol. The Kier molecular flexibility index (Phi) is 5.16. The third-order valence-corrected chi connectivity index (χ3v) is 5.06. The molecule has 4 rings (SSSR count). The summed E-state index contributed by atoms with van der Waals surface area (Å²) in [6, 6.07) is 4.37. The monoisotopic (exact) mass is 434 g/mol. The fourth-order valence-corrected chi connectivity index (χ4v) is 3.49. The van der Waals surface area contributed by atoms with Crippen LogP contribution in [-0.2, 0) is 12.6 Å². The second-order valence-electron chi connectivity index (χ2n) is 7.12. The Morgan fingerprint density at radius 1 is 1.10 bits per heavy atom. The van der Waals surface area contributed by atoms with Gasteiger partial charge in [-0.05, 0) is 47.9 Å². The lowest BCUT2D eigenvalue weighted by molar-refractivity contribution is -0.137. The first kappa shape index (κ1) is 20.8. The lowest BCUT2D eigenvalue weighted by Crippen LogP contribution is -2.34. The molecule has 160 valence electrons. The number of halogens is 5. The van der Waals surface area contributed by atoms with Crippen LogP contribution in [0, 0.1) is 5.82 Å². The predicted octanol–water partition coefficient (Wildman–Crippen LogP) is 4.38. The van der Waals surface area contributed by atoms with E-state index in [1.807, 2.05) is 0 Å². The van der Waals surface area contributed by atoms with Crippen molar-refractivity contribution in [1.29, 1.82) is 0 Å². The first-order valence-electron chi connectivity index (χ1n) is 9.22. The number of pyridine rings is 1. The van der Waals surface area contributed by atoms with Crippen LogP contribution in [0.2, 0.25) is 0 Å². The minimum Gasteiger partial charge on any atom is -0.341 e. The van der Waals surface area contributed by atoms with Crippen LogP contribution in [-0.4, -0.2) is 39.4 Å². The zero-order chi connectivity index (χ0) is 22.3. The minimum absolute atomic E-state index is 0.179. The van der Waals surface area contributed by atoms with E-state index >= 15 is 4.39 Å². The van der Waals surface area contributed by atoms with E-state index in [2.05, 4.69) is 15.0 Å². The van der Waals surface area contributed by atoms with Gasteiger partial charge < -0.3 is 4.90 Å². The summed E-state index contributed by atoms with van der Waals surface area (Å²) in [7, 11) is 1.68. The van der Waals surface area contributed by atoms with Crippen molar-refractivity contribution >= 4 is 5.91 Å². The molecule has 0 saturated heterocycles. The van der Waals surface area contributed by atoms with E-state index in [-0.39, 0.29) is 17.3 Å². The van der Waals surface area contributed by atoms with E-state index in [4.69, 9.17) is 0 Å². The summed E-state index contributed by atoms with van der Waals surface area (Å²) < 4.78 is 67.6. The van der Waals surface area contributed by atoms with Crippen LogP contribution in [0.15, 0.2) is 42.9 Å². The van der Waals surface area contributed by atoms with E-state index in [9.17, 15) is 22.4 Å². The van der Waals surface area contributed by atoms with Crippen LogP contribution in [0.4, 0.5) is 22.0 Å². The lowest BCUT2D eigenvalue weighted by Gasteiger charge is -2.25. The van der Waals surface area contributed by atoms with Crippen molar-refractivity contribution in [2.75, 3.05) is 13.6 Å². The number of hydrogen-bond donors (Lipinski definition) is 0. The summed E-state index contributed by atoms with van der Waals surface area (Å²) >= 11 is 0. The van der Waals surface area contributed by atoms with Gasteiger partial charge >= 0.3 is 6.18 Å². The highest BCUT2D eigenvalue weighted by molar-refractivity contribution is 5.98. The third-order valence-electron chi connectivity index (χ3n) is 5.06. The highest BCUT2D eigenvalue weighted by Crippen LogP contribution is 2.35. The number of hydrogen-bond acceptors (Lipinski definition) is 4. The van der Waals surface area contributed by atoms with E-state index in [0.29, 0.717) is 48.0 Å². The molecule has 0 saturated carbocycles. The summed E-state index contributed by atoms with van der Waals surface area (Å²) in [4.78, 5) is 26.1. The second-order valence-corrected chi connectivity index (χ2v) is 7.12. The van der Waals surface area contributed by atoms with Crippen LogP contribution in [0.1, 0.15) is 38.9 Å². The van der Waals surface area contributed by atoms with Gasteiger partial charge in [-0.2, -0.15) is 13.2 Å². The summed E-state index contributed by atoms with van der Waals surface area (Å²) in [5.41, 5.74) is -0.370. The molecule has 1 aromatic carbocycles. The van der Waals surface area contributed by atoms with E-state index in [1.165, 1.54) is 12.3 Å². The van der Waals surface area contributed by atoms with Gasteiger partial charge in [0.25, 0.3) is 5.91 Å². The summed E-state index contributed by atoms with van der Waals surface area (Å²) in [5.74, 6) is -1.38. The normalized spacial score (nSPS) is 15.0. The molecule has 1 amide bonds. The van der Waals surface area contributed by atoms with Crippen molar-refractivity contribution in [3.8, 4) is 11.4 Å². The molecule has 31 heavy (non-hydrogen) atoms. The topological polar surface area (TPSA) is 59.0 Å². The molecule has 0 bridgehead atoms. The number of nitrogens with zero attached hydrogens (tertiary/aromatic N) is 4. The molecule has 2 aromatic heterocycles. The molecule has 3 heterocycles. The zero-order valence-electron chi connectivity index (χ0n) is 16.1. The summed E-state index contributed by atoms with van der Waals surface area (Å²) in [6.45, 7) is 0.470. The molecule has 0 radical (unpaired) electrons. The summed E-state index contributed by atoms with van der Waals surface area (Å²) in [5, 5.41) is 0. The maximum absolute atomic E-state index is 15.1. The maximum Gasteiger partial charge on any atom is 0.416 e. The Morgan fingerprint density at radius 2 is 1.87 bits per heavy atom. The second kappa shape index (κ2) is 7.68. The molecule has 0 fully saturated rings. The van der Waals surface area contributed by atoms with Crippen LogP contribution >= 0.6 is 0 Å². The van der Waals surface area contributed by atoms with E-state index in [0.717, 1.165) is 6.33 Å². The van der Waals surface area contributed by atoms with E-state index in [1.54, 1.807) is 18.0 Å². The fourth-order valence-electron chi connectivity index (χ4n) is 3.49. The van der Waals surface area contributed by atoms with Crippen LogP contribution in [0.25, 0.3) is 11.4 Å². The highest BCUT2D eigenvalue weighted by atomic mass is 19.4. The van der Waals surface area contributed by atoms with Crippen LogP contribution in [0.3, 0.4) is 0 Å². The minimum atomic E-state index is -4.82. The Labute approximate surface area is 173 Å². The van der Waals surface area contributed by atoms with E-state index < -0.39 is 29.3 Å². The molecule has 5 nitrogen and oxygen atoms in total. The molecule has 3 aromatic rings. The highest BCUT2D eigenvalue weighted by Gasteiger charge is 2.32. The Bertz CT molecular complexity index is 1160. The van der Waals surface area contributed by atoms with Gasteiger partial charge in [-0.15, -0.1) is 0 Å². The van der Waals surface area contributed by atoms with Crippen molar-refractivity contribution in [3.05, 3.63) is 76.6 Å². The van der Waals surface area contributed by atoms with Gasteiger partial charge in [0.2, 0.25) is 0 Å². The largest absolute Gasteiger partial charge is 0.416 e. The average molecular weight is 434 g/mol. The van der Waals surface area contributed by atoms with Gasteiger partial charge in [0.1, 0.15) is 12.1 Å². The fraction of sp³-hybridized carbons (Fsp3) is 0.238. The molecule has 1 atom stereocenters. The molecule has 0 unspecified atom stereocenters. The van der Waals surface area contributed by atoms with Crippen molar-refractivity contribution < 1.29 is 26.7 Å². The van der Waals surface area contributed by atoms with Crippen molar-refractivity contribution in [2.24, 2.45) is 0 Å². The molecule has 1 aliphatic rings. The number of rotatable bonds is 3. The number of carbonyl (C=O) groups excluding carboxylic acids is 1. The number of carbonyl (C=O) groups is 1. The van der Waals surface area contributed by atoms with Gasteiger partial charge in [0.05, 0.1) is 22.6 Å². The Balaban J connectivity index is 1.74. The van der Waals surface area contributed by atoms with Crippen LogP contribution < -0.4 is 0 Å². The van der Waals surface area contributed by atoms with Gasteiger partial charge in [0.15, 0.2) is 6.17 Å². The molecular formula is C21H15F5N4O. The smallest absolute Gasteiger partial charge is 0.341 e. The number of alkyl halides is 4. The number of aromatic nitrogens is 3. The van der Waals surface area contributed by atoms with Gasteiger partial charge in [0, 0.05) is 25.4 Å². The van der Waals surface area contributed by atoms with Crippen molar-refractivity contribution in [1.82, 2.24) is 19.9 Å². The first-order chi connectivity index (χ1) is 14.6. The SMILES string of the molecule is CN1CCc2c(ccnc2-c2cc([C@H](F)c3cc(F)cc(C(F)(F)F)c3)ncn2)C1=O. The number of fused-ring (bicyclic) bond motifs is 1. The maximum atomic E-state index is 15.1. The van der Waals surface area contributed by atoms with Crippen molar-refractivity contribution in [3.63, 3.8) is 0 Å². The standard InChI is InChI=1S/C21H15F5N4O/c1-30-5-3-14-15(20(30)31)2-4-27-19(14)17-9-16(28-10-29-17)18(23)11-6-12(21(24,25)26)8-13(22)7-11/h2,4,6-10,18H,3,5H2,1H3/t18-/m1/s1. The van der Waals surface area contributed by atoms with Gasteiger partial charge in [-0.3, -0.25) is 9.78 Å². The number of likely N-dealkylation sites (N-methyl/N-ethyl adjacent to an activating group) is 1. The zero-order valence-corrected chi connectivity index (χ0v) is 16.1. The van der Waals surface area contributed by atoms with Gasteiger partial charge in [-0.25, -0.2) is 18.7 Å². The summed E-state index contributed by atoms with van der Waals surface area (Å²) in [6.07, 6.45) is -3.94. The third kappa shape index (κ3) is 3.97. The molecule has 0 N–H and O–H groups in total. The molecule has 0 spiro atoms. The Hall–Kier alpha value is -3.43. The Morgan fingerprint density at radius 3 is 2.61 bits per heavy atom. The molecule has 0 aliphatic carbocycles. The van der Waals surface area contributed by atoms with Gasteiger partial charge in [-0.1, -0.05) is 0 Å². The predicted molar refractivity (Wildman–Crippen MR) is 100 cm³/mol. The molecule has 1 aliphatic heterocycles. The lowest BCUT2D eigenvalue weighted by atomic mass is 9.96. The molecule has 10 heteroatoms. The number of benzene rings is 1.